The van der Waals surface area contributed by atoms with Crippen molar-refractivity contribution in [1.82, 2.24) is 4.72 Å². The van der Waals surface area contributed by atoms with Crippen molar-refractivity contribution in [2.45, 2.75) is 44.6 Å². The summed E-state index contributed by atoms with van der Waals surface area (Å²) >= 11 is 11.9. The normalized spacial score (nSPS) is 12.1. The van der Waals surface area contributed by atoms with Crippen molar-refractivity contribution < 1.29 is 13.5 Å². The van der Waals surface area contributed by atoms with Gasteiger partial charge in [-0.15, -0.1) is 0 Å². The molecule has 0 spiro atoms. The van der Waals surface area contributed by atoms with E-state index in [1.165, 1.54) is 12.1 Å². The molecule has 0 saturated carbocycles. The van der Waals surface area contributed by atoms with E-state index >= 15 is 0 Å². The standard InChI is InChI=1S/C14H21Cl2NO3S/c1-10(2)5-3-4-6-17-21(19,20)13-8-12(15)7-11(9-18)14(13)16/h7-8,10,17-18H,3-6,9H2,1-2H3. The third-order valence-corrected chi connectivity index (χ3v) is 5.30. The molecule has 0 heterocycles. The fraction of sp³-hybridized carbons (Fsp3) is 0.571. The molecule has 0 radical (unpaired) electrons. The smallest absolute Gasteiger partial charge is 0.242 e. The molecule has 0 aromatic heterocycles. The fourth-order valence-corrected chi connectivity index (χ4v) is 3.89. The lowest BCUT2D eigenvalue weighted by molar-refractivity contribution is 0.281. The first-order valence-corrected chi connectivity index (χ1v) is 9.10. The van der Waals surface area contributed by atoms with E-state index in [1.54, 1.807) is 0 Å². The second kappa shape index (κ2) is 8.34. The van der Waals surface area contributed by atoms with Crippen LogP contribution in [0.2, 0.25) is 10.0 Å². The maximum absolute atomic E-state index is 12.2. The Kier molecular flexibility index (Phi) is 7.44. The average Bonchev–Trinajstić information content (AvgIpc) is 2.40. The summed E-state index contributed by atoms with van der Waals surface area (Å²) < 4.78 is 27.0. The summed E-state index contributed by atoms with van der Waals surface area (Å²) in [5, 5.41) is 9.41. The number of halogens is 2. The zero-order chi connectivity index (χ0) is 16.0. The van der Waals surface area contributed by atoms with E-state index in [2.05, 4.69) is 18.6 Å². The number of aliphatic hydroxyl groups excluding tert-OH is 1. The number of aliphatic hydroxyl groups is 1. The van der Waals surface area contributed by atoms with Crippen LogP contribution in [0, 0.1) is 5.92 Å². The van der Waals surface area contributed by atoms with Gasteiger partial charge in [-0.25, -0.2) is 13.1 Å². The average molecular weight is 354 g/mol. The van der Waals surface area contributed by atoms with E-state index in [4.69, 9.17) is 23.2 Å². The lowest BCUT2D eigenvalue weighted by Crippen LogP contribution is -2.25. The van der Waals surface area contributed by atoms with Crippen molar-refractivity contribution in [1.29, 1.82) is 0 Å². The van der Waals surface area contributed by atoms with Gasteiger partial charge in [0.1, 0.15) is 4.90 Å². The first-order chi connectivity index (χ1) is 9.77. The Bertz CT molecular complexity index is 574. The lowest BCUT2D eigenvalue weighted by Gasteiger charge is -2.11. The minimum atomic E-state index is -3.72. The summed E-state index contributed by atoms with van der Waals surface area (Å²) in [4.78, 5) is -0.0930. The molecule has 1 rings (SSSR count). The quantitative estimate of drug-likeness (QED) is 0.701. The third-order valence-electron chi connectivity index (χ3n) is 3.04. The van der Waals surface area contributed by atoms with Gasteiger partial charge in [0, 0.05) is 11.6 Å². The summed E-state index contributed by atoms with van der Waals surface area (Å²) in [6, 6.07) is 2.74. The van der Waals surface area contributed by atoms with Gasteiger partial charge >= 0.3 is 0 Å². The molecule has 0 aliphatic rings. The van der Waals surface area contributed by atoms with Gasteiger partial charge in [-0.2, -0.15) is 0 Å². The van der Waals surface area contributed by atoms with Crippen LogP contribution in [0.5, 0.6) is 0 Å². The predicted molar refractivity (Wildman–Crippen MR) is 86.3 cm³/mol. The number of hydrogen-bond donors (Lipinski definition) is 2. The van der Waals surface area contributed by atoms with Gasteiger partial charge in [0.05, 0.1) is 11.6 Å². The number of unbranched alkanes of at least 4 members (excludes halogenated alkanes) is 1. The summed E-state index contributed by atoms with van der Waals surface area (Å²) in [5.41, 5.74) is 0.296. The predicted octanol–water partition coefficient (Wildman–Crippen LogP) is 3.59. The van der Waals surface area contributed by atoms with Gasteiger partial charge in [-0.1, -0.05) is 49.9 Å². The Hall–Kier alpha value is -0.330. The monoisotopic (exact) mass is 353 g/mol. The molecule has 1 aromatic rings. The van der Waals surface area contributed by atoms with E-state index in [-0.39, 0.29) is 21.5 Å². The highest BCUT2D eigenvalue weighted by molar-refractivity contribution is 7.89. The number of benzene rings is 1. The Morgan fingerprint density at radius 3 is 2.48 bits per heavy atom. The van der Waals surface area contributed by atoms with Gasteiger partial charge in [-0.05, 0) is 30.0 Å². The second-order valence-corrected chi connectivity index (χ2v) is 7.87. The van der Waals surface area contributed by atoms with Crippen molar-refractivity contribution in [3.8, 4) is 0 Å². The van der Waals surface area contributed by atoms with Gasteiger partial charge < -0.3 is 5.11 Å². The molecule has 7 heteroatoms. The van der Waals surface area contributed by atoms with Crippen molar-refractivity contribution in [2.75, 3.05) is 6.54 Å². The first-order valence-electron chi connectivity index (χ1n) is 6.86. The number of hydrogen-bond acceptors (Lipinski definition) is 3. The van der Waals surface area contributed by atoms with Crippen molar-refractivity contribution in [3.05, 3.63) is 27.7 Å². The molecule has 2 N–H and O–H groups in total. The molecule has 0 atom stereocenters. The summed E-state index contributed by atoms with van der Waals surface area (Å²) in [5.74, 6) is 0.607. The molecule has 0 bridgehead atoms. The molecule has 120 valence electrons. The van der Waals surface area contributed by atoms with Crippen LogP contribution in [0.15, 0.2) is 17.0 Å². The van der Waals surface area contributed by atoms with E-state index in [9.17, 15) is 13.5 Å². The first kappa shape index (κ1) is 18.7. The molecule has 0 amide bonds. The van der Waals surface area contributed by atoms with E-state index < -0.39 is 10.0 Å². The van der Waals surface area contributed by atoms with Crippen LogP contribution in [0.25, 0.3) is 0 Å². The Morgan fingerprint density at radius 1 is 1.24 bits per heavy atom. The van der Waals surface area contributed by atoms with Crippen LogP contribution in [0.3, 0.4) is 0 Å². The summed E-state index contributed by atoms with van der Waals surface area (Å²) in [6.07, 6.45) is 2.79. The highest BCUT2D eigenvalue weighted by atomic mass is 35.5. The van der Waals surface area contributed by atoms with E-state index in [1.807, 2.05) is 0 Å². The van der Waals surface area contributed by atoms with Gasteiger partial charge in [0.2, 0.25) is 10.0 Å². The van der Waals surface area contributed by atoms with Crippen LogP contribution < -0.4 is 4.72 Å². The van der Waals surface area contributed by atoms with Crippen LogP contribution in [0.1, 0.15) is 38.7 Å². The topological polar surface area (TPSA) is 66.4 Å². The van der Waals surface area contributed by atoms with Crippen LogP contribution in [-0.4, -0.2) is 20.1 Å². The zero-order valence-corrected chi connectivity index (χ0v) is 14.5. The third kappa shape index (κ3) is 5.75. The molecule has 0 saturated heterocycles. The second-order valence-electron chi connectivity index (χ2n) is 5.32. The fourth-order valence-electron chi connectivity index (χ4n) is 1.89. The largest absolute Gasteiger partial charge is 0.392 e. The number of rotatable bonds is 8. The van der Waals surface area contributed by atoms with Gasteiger partial charge in [-0.3, -0.25) is 0 Å². The zero-order valence-electron chi connectivity index (χ0n) is 12.2. The van der Waals surface area contributed by atoms with Crippen molar-refractivity contribution in [2.24, 2.45) is 5.92 Å². The molecule has 4 nitrogen and oxygen atoms in total. The van der Waals surface area contributed by atoms with Crippen LogP contribution in [0.4, 0.5) is 0 Å². The van der Waals surface area contributed by atoms with E-state index in [0.717, 1.165) is 19.3 Å². The molecule has 0 fully saturated rings. The highest BCUT2D eigenvalue weighted by Crippen LogP contribution is 2.29. The minimum absolute atomic E-state index is 0.0107. The van der Waals surface area contributed by atoms with Crippen LogP contribution >= 0.6 is 23.2 Å². The summed E-state index contributed by atoms with van der Waals surface area (Å²) in [6.45, 7) is 4.25. The molecule has 0 aliphatic heterocycles. The van der Waals surface area contributed by atoms with Crippen molar-refractivity contribution in [3.63, 3.8) is 0 Å². The Morgan fingerprint density at radius 2 is 1.90 bits per heavy atom. The lowest BCUT2D eigenvalue weighted by atomic mass is 10.1. The Balaban J connectivity index is 2.77. The maximum atomic E-state index is 12.2. The molecule has 1 aromatic carbocycles. The summed E-state index contributed by atoms with van der Waals surface area (Å²) in [7, 11) is -3.72. The molecule has 0 aliphatic carbocycles. The number of sulfonamides is 1. The van der Waals surface area contributed by atoms with Crippen molar-refractivity contribution >= 4 is 33.2 Å². The van der Waals surface area contributed by atoms with E-state index in [0.29, 0.717) is 18.0 Å². The Labute approximate surface area is 136 Å². The molecular formula is C14H21Cl2NO3S. The molecule has 0 unspecified atom stereocenters. The molecule has 21 heavy (non-hydrogen) atoms. The highest BCUT2D eigenvalue weighted by Gasteiger charge is 2.20. The minimum Gasteiger partial charge on any atom is -0.392 e. The van der Waals surface area contributed by atoms with Gasteiger partial charge in [0.15, 0.2) is 0 Å². The van der Waals surface area contributed by atoms with Gasteiger partial charge in [0.25, 0.3) is 0 Å². The maximum Gasteiger partial charge on any atom is 0.242 e. The van der Waals surface area contributed by atoms with Crippen LogP contribution in [-0.2, 0) is 16.6 Å². The number of nitrogens with one attached hydrogen (secondary N) is 1. The SMILES string of the molecule is CC(C)CCCCNS(=O)(=O)c1cc(Cl)cc(CO)c1Cl. The molecular weight excluding hydrogens is 333 g/mol.